The molecule has 1 aromatic heterocycles. The van der Waals surface area contributed by atoms with E-state index in [1.165, 1.54) is 0 Å². The van der Waals surface area contributed by atoms with Crippen molar-refractivity contribution in [3.05, 3.63) is 64.1 Å². The molecule has 182 valence electrons. The SMILES string of the molecule is O=C(O)C(Cc1ccc2[nH]c(=O)oc2c1)NC(=O)N1CCC(N2Cc3ccccc3NC2=O)CC1. The molecule has 2 aliphatic rings. The molecule has 4 N–H and O–H groups in total. The first kappa shape index (κ1) is 22.5. The van der Waals surface area contributed by atoms with E-state index in [4.69, 9.17) is 4.42 Å². The molecule has 35 heavy (non-hydrogen) atoms. The Hall–Kier alpha value is -4.28. The summed E-state index contributed by atoms with van der Waals surface area (Å²) in [5.41, 5.74) is 3.33. The lowest BCUT2D eigenvalue weighted by atomic mass is 10.0. The zero-order valence-corrected chi connectivity index (χ0v) is 18.8. The zero-order chi connectivity index (χ0) is 24.5. The number of carbonyl (C=O) groups excluding carboxylic acids is 2. The van der Waals surface area contributed by atoms with Crippen LogP contribution < -0.4 is 16.4 Å². The normalized spacial score (nSPS) is 17.1. The van der Waals surface area contributed by atoms with Gasteiger partial charge in [0.1, 0.15) is 6.04 Å². The number of carbonyl (C=O) groups is 3. The van der Waals surface area contributed by atoms with E-state index in [0.29, 0.717) is 49.1 Å². The van der Waals surface area contributed by atoms with Gasteiger partial charge in [0.15, 0.2) is 5.58 Å². The maximum atomic E-state index is 12.8. The zero-order valence-electron chi connectivity index (χ0n) is 18.8. The lowest BCUT2D eigenvalue weighted by molar-refractivity contribution is -0.139. The van der Waals surface area contributed by atoms with Gasteiger partial charge in [-0.3, -0.25) is 4.98 Å². The molecule has 1 saturated heterocycles. The summed E-state index contributed by atoms with van der Waals surface area (Å²) in [6.45, 7) is 1.34. The van der Waals surface area contributed by atoms with Crippen molar-refractivity contribution in [2.75, 3.05) is 18.4 Å². The largest absolute Gasteiger partial charge is 0.480 e. The fourth-order valence-corrected chi connectivity index (χ4v) is 4.69. The van der Waals surface area contributed by atoms with Gasteiger partial charge in [-0.1, -0.05) is 24.3 Å². The molecule has 0 bridgehead atoms. The van der Waals surface area contributed by atoms with Crippen molar-refractivity contribution in [1.82, 2.24) is 20.1 Å². The standard InChI is InChI=1S/C24H25N5O6/c30-21(31)19(11-14-5-6-18-20(12-14)35-24(34)27-18)26-22(32)28-9-7-16(8-10-28)29-13-15-3-1-2-4-17(15)25-23(29)33/h1-6,12,16,19H,7-11,13H2,(H,25,33)(H,26,32)(H,27,34)(H,30,31). The lowest BCUT2D eigenvalue weighted by Gasteiger charge is -2.40. The van der Waals surface area contributed by atoms with Crippen molar-refractivity contribution in [3.63, 3.8) is 0 Å². The molecular formula is C24H25N5O6. The molecule has 11 heteroatoms. The van der Waals surface area contributed by atoms with Crippen molar-refractivity contribution in [2.24, 2.45) is 0 Å². The summed E-state index contributed by atoms with van der Waals surface area (Å²) in [5, 5.41) is 15.2. The van der Waals surface area contributed by atoms with Crippen LogP contribution in [0.5, 0.6) is 0 Å². The van der Waals surface area contributed by atoms with E-state index in [0.717, 1.165) is 11.3 Å². The first-order valence-corrected chi connectivity index (χ1v) is 11.4. The molecule has 4 amide bonds. The Morgan fingerprint density at radius 2 is 1.91 bits per heavy atom. The van der Waals surface area contributed by atoms with Crippen molar-refractivity contribution >= 4 is 34.8 Å². The third-order valence-electron chi connectivity index (χ3n) is 6.57. The monoisotopic (exact) mass is 479 g/mol. The Balaban J connectivity index is 1.18. The number of nitrogens with zero attached hydrogens (tertiary/aromatic N) is 2. The Bertz CT molecular complexity index is 1340. The molecule has 1 unspecified atom stereocenters. The van der Waals surface area contributed by atoms with E-state index in [-0.39, 0.29) is 18.5 Å². The fraction of sp³-hybridized carbons (Fsp3) is 0.333. The highest BCUT2D eigenvalue weighted by atomic mass is 16.4. The molecule has 1 fully saturated rings. The Kier molecular flexibility index (Phi) is 5.89. The number of urea groups is 2. The second-order valence-electron chi connectivity index (χ2n) is 8.82. The predicted octanol–water partition coefficient (Wildman–Crippen LogP) is 2.34. The third kappa shape index (κ3) is 4.70. The van der Waals surface area contributed by atoms with Gasteiger partial charge in [0, 0.05) is 37.8 Å². The number of nitrogens with one attached hydrogen (secondary N) is 3. The third-order valence-corrected chi connectivity index (χ3v) is 6.57. The fourth-order valence-electron chi connectivity index (χ4n) is 4.69. The minimum atomic E-state index is -1.16. The number of carboxylic acids is 1. The maximum absolute atomic E-state index is 12.8. The summed E-state index contributed by atoms with van der Waals surface area (Å²) < 4.78 is 5.03. The molecule has 0 spiro atoms. The van der Waals surface area contributed by atoms with Crippen LogP contribution >= 0.6 is 0 Å². The van der Waals surface area contributed by atoms with Crippen molar-refractivity contribution < 1.29 is 23.9 Å². The van der Waals surface area contributed by atoms with Crippen molar-refractivity contribution in [1.29, 1.82) is 0 Å². The van der Waals surface area contributed by atoms with Crippen LogP contribution in [-0.2, 0) is 17.8 Å². The molecule has 0 radical (unpaired) electrons. The van der Waals surface area contributed by atoms with Gasteiger partial charge in [-0.05, 0) is 42.2 Å². The van der Waals surface area contributed by atoms with Crippen LogP contribution in [0.3, 0.4) is 0 Å². The van der Waals surface area contributed by atoms with Gasteiger partial charge in [0.05, 0.1) is 5.52 Å². The average Bonchev–Trinajstić information content (AvgIpc) is 3.22. The smallest absolute Gasteiger partial charge is 0.417 e. The van der Waals surface area contributed by atoms with Crippen LogP contribution in [0.2, 0.25) is 0 Å². The molecule has 1 atom stereocenters. The number of aromatic amines is 1. The molecule has 0 aliphatic carbocycles. The van der Waals surface area contributed by atoms with Gasteiger partial charge < -0.3 is 30.0 Å². The van der Waals surface area contributed by atoms with Gasteiger partial charge in [-0.2, -0.15) is 0 Å². The summed E-state index contributed by atoms with van der Waals surface area (Å²) in [6.07, 6.45) is 1.24. The van der Waals surface area contributed by atoms with Crippen molar-refractivity contribution in [2.45, 2.75) is 37.9 Å². The number of oxazole rings is 1. The summed E-state index contributed by atoms with van der Waals surface area (Å²) in [6, 6.07) is 10.8. The minimum absolute atomic E-state index is 0.00888. The highest BCUT2D eigenvalue weighted by Crippen LogP contribution is 2.27. The number of H-pyrrole nitrogens is 1. The number of benzene rings is 2. The molecule has 2 aliphatic heterocycles. The first-order chi connectivity index (χ1) is 16.9. The maximum Gasteiger partial charge on any atom is 0.417 e. The van der Waals surface area contributed by atoms with E-state index < -0.39 is 23.8 Å². The molecule has 5 rings (SSSR count). The first-order valence-electron chi connectivity index (χ1n) is 11.4. The Labute approximate surface area is 199 Å². The van der Waals surface area contributed by atoms with Crippen LogP contribution in [0.15, 0.2) is 51.7 Å². The van der Waals surface area contributed by atoms with Gasteiger partial charge in [-0.25, -0.2) is 19.2 Å². The number of rotatable bonds is 5. The number of amides is 4. The number of hydrogen-bond acceptors (Lipinski definition) is 5. The van der Waals surface area contributed by atoms with E-state index in [1.807, 2.05) is 24.3 Å². The number of fused-ring (bicyclic) bond motifs is 2. The van der Waals surface area contributed by atoms with Gasteiger partial charge in [0.25, 0.3) is 0 Å². The molecule has 2 aromatic carbocycles. The molecular weight excluding hydrogens is 454 g/mol. The van der Waals surface area contributed by atoms with E-state index in [1.54, 1.807) is 28.0 Å². The number of hydrogen-bond donors (Lipinski definition) is 4. The number of aliphatic carboxylic acids is 1. The Morgan fingerprint density at radius 1 is 1.14 bits per heavy atom. The van der Waals surface area contributed by atoms with Crippen LogP contribution in [0.25, 0.3) is 11.1 Å². The van der Waals surface area contributed by atoms with Gasteiger partial charge in [0.2, 0.25) is 0 Å². The number of aromatic nitrogens is 1. The number of carboxylic acid groups (broad SMARTS) is 1. The predicted molar refractivity (Wildman–Crippen MR) is 126 cm³/mol. The van der Waals surface area contributed by atoms with E-state index in [2.05, 4.69) is 15.6 Å². The summed E-state index contributed by atoms with van der Waals surface area (Å²) in [7, 11) is 0. The Morgan fingerprint density at radius 3 is 2.69 bits per heavy atom. The quantitative estimate of drug-likeness (QED) is 0.442. The second-order valence-corrected chi connectivity index (χ2v) is 8.82. The van der Waals surface area contributed by atoms with Crippen molar-refractivity contribution in [3.8, 4) is 0 Å². The number of likely N-dealkylation sites (tertiary alicyclic amines) is 1. The van der Waals surface area contributed by atoms with E-state index >= 15 is 0 Å². The number of piperidine rings is 1. The summed E-state index contributed by atoms with van der Waals surface area (Å²) >= 11 is 0. The molecule has 0 saturated carbocycles. The average molecular weight is 479 g/mol. The van der Waals surface area contributed by atoms with Crippen LogP contribution in [0.4, 0.5) is 15.3 Å². The van der Waals surface area contributed by atoms with Gasteiger partial charge in [-0.15, -0.1) is 0 Å². The number of anilines is 1. The van der Waals surface area contributed by atoms with E-state index in [9.17, 15) is 24.3 Å². The van der Waals surface area contributed by atoms with Gasteiger partial charge >= 0.3 is 23.8 Å². The highest BCUT2D eigenvalue weighted by molar-refractivity contribution is 5.92. The minimum Gasteiger partial charge on any atom is -0.480 e. The molecule has 3 heterocycles. The number of para-hydroxylation sites is 1. The topological polar surface area (TPSA) is 148 Å². The van der Waals surface area contributed by atoms with Crippen LogP contribution in [0, 0.1) is 0 Å². The van der Waals surface area contributed by atoms with Crippen LogP contribution in [0.1, 0.15) is 24.0 Å². The second kappa shape index (κ2) is 9.16. The summed E-state index contributed by atoms with van der Waals surface area (Å²) in [5.74, 6) is -1.75. The van der Waals surface area contributed by atoms with Crippen LogP contribution in [-0.4, -0.2) is 63.1 Å². The molecule has 3 aromatic rings. The highest BCUT2D eigenvalue weighted by Gasteiger charge is 2.33. The molecule has 11 nitrogen and oxygen atoms in total. The lowest BCUT2D eigenvalue weighted by Crippen LogP contribution is -2.54. The summed E-state index contributed by atoms with van der Waals surface area (Å²) in [4.78, 5) is 54.5.